The molecule has 4 heteroatoms. The van der Waals surface area contributed by atoms with Gasteiger partial charge in [0.05, 0.1) is 0 Å². The molecule has 0 unspecified atom stereocenters. The third-order valence-electron chi connectivity index (χ3n) is 4.26. The summed E-state index contributed by atoms with van der Waals surface area (Å²) in [5, 5.41) is 4.41. The summed E-state index contributed by atoms with van der Waals surface area (Å²) in [5.74, 6) is 1.49. The minimum absolute atomic E-state index is 0.338. The van der Waals surface area contributed by atoms with Crippen molar-refractivity contribution < 1.29 is 4.84 Å². The molecule has 3 rings (SSSR count). The Morgan fingerprint density at radius 3 is 2.83 bits per heavy atom. The summed E-state index contributed by atoms with van der Waals surface area (Å²) in [6, 6.07) is 8.58. The van der Waals surface area contributed by atoms with Crippen molar-refractivity contribution in [2.45, 2.75) is 46.5 Å². The molecular weight excluding hydrogens is 298 g/mol. The molecule has 0 radical (unpaired) electrons. The molecule has 128 valence electrons. The Morgan fingerprint density at radius 2 is 2.17 bits per heavy atom. The first kappa shape index (κ1) is 16.7. The molecule has 1 heterocycles. The molecule has 4 nitrogen and oxygen atoms in total. The molecule has 1 fully saturated rings. The molecule has 1 aliphatic carbocycles. The first-order valence-corrected chi connectivity index (χ1v) is 8.79. The van der Waals surface area contributed by atoms with Crippen LogP contribution in [0.3, 0.4) is 0 Å². The second-order valence-electron chi connectivity index (χ2n) is 7.89. The predicted octanol–water partition coefficient (Wildman–Crippen LogP) is 4.50. The molecule has 1 aromatic heterocycles. The van der Waals surface area contributed by atoms with Crippen molar-refractivity contribution in [3.05, 3.63) is 54.1 Å². The summed E-state index contributed by atoms with van der Waals surface area (Å²) in [5.41, 5.74) is 2.73. The maximum atomic E-state index is 5.59. The highest BCUT2D eigenvalue weighted by Gasteiger charge is 2.22. The highest BCUT2D eigenvalue weighted by molar-refractivity contribution is 6.00. The third kappa shape index (κ3) is 4.95. The number of oxime groups is 1. The van der Waals surface area contributed by atoms with Crippen molar-refractivity contribution in [2.24, 2.45) is 16.5 Å². The van der Waals surface area contributed by atoms with Gasteiger partial charge in [0.1, 0.15) is 12.9 Å². The first-order valence-electron chi connectivity index (χ1n) is 8.79. The average molecular weight is 325 g/mol. The Kier molecular flexibility index (Phi) is 5.03. The number of rotatable bonds is 6. The van der Waals surface area contributed by atoms with E-state index in [1.165, 1.54) is 18.4 Å². The molecule has 24 heavy (non-hydrogen) atoms. The van der Waals surface area contributed by atoms with Gasteiger partial charge in [-0.3, -0.25) is 4.57 Å². The van der Waals surface area contributed by atoms with Gasteiger partial charge in [0.2, 0.25) is 0 Å². The van der Waals surface area contributed by atoms with E-state index >= 15 is 0 Å². The highest BCUT2D eigenvalue weighted by atomic mass is 16.6. The zero-order valence-corrected chi connectivity index (χ0v) is 14.9. The zero-order valence-electron chi connectivity index (χ0n) is 14.9. The van der Waals surface area contributed by atoms with Gasteiger partial charge in [-0.25, -0.2) is 4.98 Å². The van der Waals surface area contributed by atoms with Crippen molar-refractivity contribution in [1.29, 1.82) is 0 Å². The molecule has 0 aliphatic heterocycles. The Hall–Kier alpha value is -2.10. The number of aromatic nitrogens is 2. The van der Waals surface area contributed by atoms with Crippen molar-refractivity contribution in [2.75, 3.05) is 6.61 Å². The summed E-state index contributed by atoms with van der Waals surface area (Å²) >= 11 is 0. The smallest absolute Gasteiger partial charge is 0.184 e. The first-order chi connectivity index (χ1) is 11.5. The Labute approximate surface area is 144 Å². The maximum Gasteiger partial charge on any atom is 0.184 e. The highest BCUT2D eigenvalue weighted by Crippen LogP contribution is 2.29. The van der Waals surface area contributed by atoms with Crippen LogP contribution in [-0.4, -0.2) is 22.0 Å². The van der Waals surface area contributed by atoms with Gasteiger partial charge < -0.3 is 4.84 Å². The van der Waals surface area contributed by atoms with Gasteiger partial charge in [0.15, 0.2) is 5.84 Å². The molecule has 0 atom stereocenters. The van der Waals surface area contributed by atoms with Crippen molar-refractivity contribution >= 4 is 5.84 Å². The van der Waals surface area contributed by atoms with Crippen molar-refractivity contribution in [1.82, 2.24) is 9.55 Å². The van der Waals surface area contributed by atoms with Crippen LogP contribution >= 0.6 is 0 Å². The number of aryl methyl sites for hydroxylation is 1. The average Bonchev–Trinajstić information content (AvgIpc) is 3.21. The van der Waals surface area contributed by atoms with Crippen LogP contribution < -0.4 is 0 Å². The van der Waals surface area contributed by atoms with E-state index in [0.29, 0.717) is 17.9 Å². The molecule has 1 saturated carbocycles. The third-order valence-corrected chi connectivity index (χ3v) is 4.26. The standard InChI is InChI=1S/C20H27N3O/c1-20(2,3)10-9-16-5-4-6-18(13-16)19(23-12-11-21-15-23)22-24-14-17-7-8-17/h4-6,11-13,15,17H,7-10,14H2,1-3H3. The fourth-order valence-electron chi connectivity index (χ4n) is 2.51. The van der Waals surface area contributed by atoms with E-state index in [0.717, 1.165) is 24.2 Å². The number of hydrogen-bond acceptors (Lipinski definition) is 3. The van der Waals surface area contributed by atoms with Gasteiger partial charge in [0, 0.05) is 18.0 Å². The minimum Gasteiger partial charge on any atom is -0.394 e. The summed E-state index contributed by atoms with van der Waals surface area (Å²) < 4.78 is 1.91. The molecule has 0 N–H and O–H groups in total. The molecule has 0 amide bonds. The molecule has 0 saturated heterocycles. The molecule has 0 spiro atoms. The van der Waals surface area contributed by atoms with E-state index in [1.54, 1.807) is 12.5 Å². The Morgan fingerprint density at radius 1 is 1.33 bits per heavy atom. The zero-order chi connectivity index (χ0) is 17.0. The van der Waals surface area contributed by atoms with Crippen LogP contribution in [0.4, 0.5) is 0 Å². The van der Waals surface area contributed by atoms with Gasteiger partial charge in [-0.05, 0) is 48.6 Å². The van der Waals surface area contributed by atoms with E-state index in [9.17, 15) is 0 Å². The van der Waals surface area contributed by atoms with Gasteiger partial charge in [0.25, 0.3) is 0 Å². The van der Waals surface area contributed by atoms with Crippen LogP contribution in [0.5, 0.6) is 0 Å². The van der Waals surface area contributed by atoms with Crippen LogP contribution in [0.1, 0.15) is 51.2 Å². The minimum atomic E-state index is 0.338. The maximum absolute atomic E-state index is 5.59. The van der Waals surface area contributed by atoms with Crippen molar-refractivity contribution in [3.63, 3.8) is 0 Å². The van der Waals surface area contributed by atoms with Crippen LogP contribution in [0.25, 0.3) is 0 Å². The van der Waals surface area contributed by atoms with Crippen LogP contribution in [0.2, 0.25) is 0 Å². The lowest BCUT2D eigenvalue weighted by atomic mass is 9.88. The van der Waals surface area contributed by atoms with E-state index < -0.39 is 0 Å². The molecule has 1 aromatic carbocycles. The van der Waals surface area contributed by atoms with Crippen LogP contribution in [0.15, 0.2) is 48.1 Å². The lowest BCUT2D eigenvalue weighted by molar-refractivity contribution is 0.133. The fraction of sp³-hybridized carbons (Fsp3) is 0.500. The van der Waals surface area contributed by atoms with E-state index in [4.69, 9.17) is 4.84 Å². The number of hydrogen-bond donors (Lipinski definition) is 0. The number of imidazole rings is 1. The van der Waals surface area contributed by atoms with E-state index in [-0.39, 0.29) is 0 Å². The van der Waals surface area contributed by atoms with Gasteiger partial charge in [-0.1, -0.05) is 44.1 Å². The summed E-state index contributed by atoms with van der Waals surface area (Å²) in [6.45, 7) is 7.55. The Bertz CT molecular complexity index is 679. The lowest BCUT2D eigenvalue weighted by Gasteiger charge is -2.18. The quantitative estimate of drug-likeness (QED) is 0.446. The summed E-state index contributed by atoms with van der Waals surface area (Å²) in [4.78, 5) is 9.73. The molecule has 1 aliphatic rings. The lowest BCUT2D eigenvalue weighted by Crippen LogP contribution is -2.13. The number of nitrogens with zero attached hydrogens (tertiary/aromatic N) is 3. The SMILES string of the molecule is CC(C)(C)CCc1cccc(C(=NOCC2CC2)n2ccnc2)c1. The largest absolute Gasteiger partial charge is 0.394 e. The number of benzene rings is 1. The summed E-state index contributed by atoms with van der Waals surface area (Å²) in [6.07, 6.45) is 10.2. The molecular formula is C20H27N3O. The van der Waals surface area contributed by atoms with Gasteiger partial charge in [-0.15, -0.1) is 0 Å². The predicted molar refractivity (Wildman–Crippen MR) is 97.1 cm³/mol. The normalized spacial score (nSPS) is 15.5. The monoisotopic (exact) mass is 325 g/mol. The molecule has 2 aromatic rings. The topological polar surface area (TPSA) is 39.4 Å². The van der Waals surface area contributed by atoms with E-state index in [2.05, 4.69) is 55.2 Å². The van der Waals surface area contributed by atoms with Gasteiger partial charge in [-0.2, -0.15) is 0 Å². The second kappa shape index (κ2) is 7.20. The van der Waals surface area contributed by atoms with E-state index in [1.807, 2.05) is 10.8 Å². The van der Waals surface area contributed by atoms with Crippen molar-refractivity contribution in [3.8, 4) is 0 Å². The summed E-state index contributed by atoms with van der Waals surface area (Å²) in [7, 11) is 0. The van der Waals surface area contributed by atoms with Gasteiger partial charge >= 0.3 is 0 Å². The Balaban J connectivity index is 1.78. The second-order valence-corrected chi connectivity index (χ2v) is 7.89. The fourth-order valence-corrected chi connectivity index (χ4v) is 2.51. The van der Waals surface area contributed by atoms with Crippen LogP contribution in [-0.2, 0) is 11.3 Å². The molecule has 0 bridgehead atoms. The van der Waals surface area contributed by atoms with Crippen LogP contribution in [0, 0.1) is 11.3 Å².